The van der Waals surface area contributed by atoms with Crippen LogP contribution in [0.5, 0.6) is 0 Å². The summed E-state index contributed by atoms with van der Waals surface area (Å²) in [6.07, 6.45) is -3.91. The highest BCUT2D eigenvalue weighted by Gasteiger charge is 2.33. The van der Waals surface area contributed by atoms with Crippen LogP contribution in [0.3, 0.4) is 0 Å². The molecule has 0 saturated carbocycles. The fraction of sp³-hybridized carbons (Fsp3) is 0.417. The smallest absolute Gasteiger partial charge is 0.394 e. The van der Waals surface area contributed by atoms with E-state index in [-0.39, 0.29) is 12.6 Å². The number of nitriles is 1. The van der Waals surface area contributed by atoms with Crippen LogP contribution in [0.2, 0.25) is 0 Å². The summed E-state index contributed by atoms with van der Waals surface area (Å²) in [5, 5.41) is 20.6. The van der Waals surface area contributed by atoms with Crippen molar-refractivity contribution in [3.05, 3.63) is 29.3 Å². The van der Waals surface area contributed by atoms with E-state index in [2.05, 4.69) is 5.32 Å². The van der Waals surface area contributed by atoms with Crippen molar-refractivity contribution < 1.29 is 18.3 Å². The zero-order valence-electron chi connectivity index (χ0n) is 9.75. The minimum Gasteiger partial charge on any atom is -0.394 e. The fourth-order valence-corrected chi connectivity index (χ4v) is 1.49. The van der Waals surface area contributed by atoms with E-state index < -0.39 is 17.3 Å². The van der Waals surface area contributed by atoms with Crippen molar-refractivity contribution in [2.75, 3.05) is 11.9 Å². The van der Waals surface area contributed by atoms with Gasteiger partial charge < -0.3 is 10.4 Å². The van der Waals surface area contributed by atoms with Crippen molar-refractivity contribution >= 4 is 5.69 Å². The summed E-state index contributed by atoms with van der Waals surface area (Å²) in [5.41, 5.74) is -0.992. The van der Waals surface area contributed by atoms with E-state index in [0.29, 0.717) is 12.1 Å². The molecule has 0 aliphatic heterocycles. The fourth-order valence-electron chi connectivity index (χ4n) is 1.49. The Kier molecular flexibility index (Phi) is 4.56. The van der Waals surface area contributed by atoms with Crippen molar-refractivity contribution in [2.45, 2.75) is 25.6 Å². The first-order valence-corrected chi connectivity index (χ1v) is 5.41. The Labute approximate surface area is 103 Å². The van der Waals surface area contributed by atoms with E-state index in [1.165, 1.54) is 12.1 Å². The first-order valence-electron chi connectivity index (χ1n) is 5.41. The molecule has 0 unspecified atom stereocenters. The molecule has 2 N–H and O–H groups in total. The van der Waals surface area contributed by atoms with Crippen LogP contribution in [-0.4, -0.2) is 17.8 Å². The molecule has 1 aromatic carbocycles. The van der Waals surface area contributed by atoms with E-state index in [9.17, 15) is 13.2 Å². The highest BCUT2D eigenvalue weighted by Crippen LogP contribution is 2.33. The van der Waals surface area contributed by atoms with Crippen LogP contribution in [0, 0.1) is 11.3 Å². The number of nitrogens with one attached hydrogen (secondary N) is 1. The van der Waals surface area contributed by atoms with Gasteiger partial charge in [0.15, 0.2) is 0 Å². The molecular weight excluding hydrogens is 245 g/mol. The zero-order chi connectivity index (χ0) is 13.8. The standard InChI is InChI=1S/C12H13F3N2O/c1-2-9(7-18)17-10-3-4-11(12(13,14)15)8(5-10)6-16/h3-5,9,17-18H,2,7H2,1H3/t9-/m0/s1. The van der Waals surface area contributed by atoms with Gasteiger partial charge in [0.05, 0.1) is 23.8 Å². The minimum atomic E-state index is -4.54. The molecule has 0 amide bonds. The van der Waals surface area contributed by atoms with Crippen molar-refractivity contribution in [1.29, 1.82) is 5.26 Å². The number of aliphatic hydroxyl groups is 1. The van der Waals surface area contributed by atoms with Gasteiger partial charge in [-0.3, -0.25) is 0 Å². The van der Waals surface area contributed by atoms with E-state index >= 15 is 0 Å². The molecule has 98 valence electrons. The Balaban J connectivity index is 3.04. The third-order valence-electron chi connectivity index (χ3n) is 2.53. The number of aliphatic hydroxyl groups excluding tert-OH is 1. The van der Waals surface area contributed by atoms with E-state index in [1.807, 2.05) is 6.92 Å². The normalized spacial score (nSPS) is 12.9. The number of anilines is 1. The van der Waals surface area contributed by atoms with Crippen molar-refractivity contribution in [1.82, 2.24) is 0 Å². The SMILES string of the molecule is CC[C@@H](CO)Nc1ccc(C(F)(F)F)c(C#N)c1. The summed E-state index contributed by atoms with van der Waals surface area (Å²) < 4.78 is 37.7. The van der Waals surface area contributed by atoms with Gasteiger partial charge >= 0.3 is 6.18 Å². The summed E-state index contributed by atoms with van der Waals surface area (Å²) in [6.45, 7) is 1.71. The lowest BCUT2D eigenvalue weighted by molar-refractivity contribution is -0.137. The largest absolute Gasteiger partial charge is 0.417 e. The number of nitrogens with zero attached hydrogens (tertiary/aromatic N) is 1. The number of benzene rings is 1. The highest BCUT2D eigenvalue weighted by molar-refractivity contribution is 5.54. The molecule has 0 radical (unpaired) electrons. The Bertz CT molecular complexity index is 448. The van der Waals surface area contributed by atoms with Crippen molar-refractivity contribution in [3.8, 4) is 6.07 Å². The van der Waals surface area contributed by atoms with Gasteiger partial charge in [0.1, 0.15) is 0 Å². The molecule has 1 atom stereocenters. The van der Waals surface area contributed by atoms with Crippen molar-refractivity contribution in [3.63, 3.8) is 0 Å². The maximum absolute atomic E-state index is 12.6. The molecule has 0 saturated heterocycles. The maximum Gasteiger partial charge on any atom is 0.417 e. The van der Waals surface area contributed by atoms with Gasteiger partial charge in [-0.05, 0) is 24.6 Å². The number of halogens is 3. The number of alkyl halides is 3. The first kappa shape index (κ1) is 14.3. The summed E-state index contributed by atoms with van der Waals surface area (Å²) in [4.78, 5) is 0. The second kappa shape index (κ2) is 5.74. The van der Waals surface area contributed by atoms with E-state index in [4.69, 9.17) is 10.4 Å². The van der Waals surface area contributed by atoms with Crippen molar-refractivity contribution in [2.24, 2.45) is 0 Å². The molecule has 1 rings (SSSR count). The van der Waals surface area contributed by atoms with Crippen LogP contribution in [0.25, 0.3) is 0 Å². The average Bonchev–Trinajstić information content (AvgIpc) is 2.34. The lowest BCUT2D eigenvalue weighted by atomic mass is 10.1. The number of rotatable bonds is 4. The summed E-state index contributed by atoms with van der Waals surface area (Å²) in [6, 6.07) is 4.54. The number of hydrogen-bond donors (Lipinski definition) is 2. The van der Waals surface area contributed by atoms with Gasteiger partial charge in [-0.2, -0.15) is 18.4 Å². The van der Waals surface area contributed by atoms with Crippen LogP contribution in [0.4, 0.5) is 18.9 Å². The van der Waals surface area contributed by atoms with Crippen LogP contribution >= 0.6 is 0 Å². The van der Waals surface area contributed by atoms with E-state index in [1.54, 1.807) is 0 Å². The first-order chi connectivity index (χ1) is 8.42. The van der Waals surface area contributed by atoms with Crippen LogP contribution in [0.1, 0.15) is 24.5 Å². The molecule has 0 spiro atoms. The second-order valence-electron chi connectivity index (χ2n) is 3.80. The highest BCUT2D eigenvalue weighted by atomic mass is 19.4. The van der Waals surface area contributed by atoms with Crippen LogP contribution < -0.4 is 5.32 Å². The molecule has 3 nitrogen and oxygen atoms in total. The molecule has 0 aliphatic carbocycles. The second-order valence-corrected chi connectivity index (χ2v) is 3.80. The predicted octanol–water partition coefficient (Wildman–Crippen LogP) is 2.76. The molecular formula is C12H13F3N2O. The summed E-state index contributed by atoms with van der Waals surface area (Å²) in [7, 11) is 0. The topological polar surface area (TPSA) is 56.0 Å². The molecule has 0 fully saturated rings. The van der Waals surface area contributed by atoms with Crippen LogP contribution in [-0.2, 0) is 6.18 Å². The third-order valence-corrected chi connectivity index (χ3v) is 2.53. The summed E-state index contributed by atoms with van der Waals surface area (Å²) in [5.74, 6) is 0. The van der Waals surface area contributed by atoms with Gasteiger partial charge in [0, 0.05) is 11.7 Å². The zero-order valence-corrected chi connectivity index (χ0v) is 9.75. The molecule has 0 heterocycles. The Morgan fingerprint density at radius 1 is 1.44 bits per heavy atom. The molecule has 0 bridgehead atoms. The van der Waals surface area contributed by atoms with Gasteiger partial charge in [0.2, 0.25) is 0 Å². The lowest BCUT2D eigenvalue weighted by Gasteiger charge is -2.17. The third kappa shape index (κ3) is 3.37. The molecule has 0 aliphatic rings. The predicted molar refractivity (Wildman–Crippen MR) is 60.9 cm³/mol. The molecule has 0 aromatic heterocycles. The summed E-state index contributed by atoms with van der Waals surface area (Å²) >= 11 is 0. The minimum absolute atomic E-state index is 0.126. The Morgan fingerprint density at radius 2 is 2.11 bits per heavy atom. The monoisotopic (exact) mass is 258 g/mol. The molecule has 18 heavy (non-hydrogen) atoms. The maximum atomic E-state index is 12.6. The average molecular weight is 258 g/mol. The lowest BCUT2D eigenvalue weighted by Crippen LogP contribution is -2.22. The quantitative estimate of drug-likeness (QED) is 0.873. The van der Waals surface area contributed by atoms with Gasteiger partial charge in [-0.1, -0.05) is 6.92 Å². The van der Waals surface area contributed by atoms with Crippen LogP contribution in [0.15, 0.2) is 18.2 Å². The molecule has 1 aromatic rings. The van der Waals surface area contributed by atoms with E-state index in [0.717, 1.165) is 12.1 Å². The Hall–Kier alpha value is -1.74. The van der Waals surface area contributed by atoms with Gasteiger partial charge in [-0.25, -0.2) is 0 Å². The van der Waals surface area contributed by atoms with Gasteiger partial charge in [0.25, 0.3) is 0 Å². The number of hydrogen-bond acceptors (Lipinski definition) is 3. The van der Waals surface area contributed by atoms with Gasteiger partial charge in [-0.15, -0.1) is 0 Å². The Morgan fingerprint density at radius 3 is 2.56 bits per heavy atom. The molecule has 6 heteroatoms.